The fourth-order valence-electron chi connectivity index (χ4n) is 3.60. The van der Waals surface area contributed by atoms with E-state index in [9.17, 15) is 33.4 Å². The Kier molecular flexibility index (Phi) is 11.4. The van der Waals surface area contributed by atoms with Gasteiger partial charge >= 0.3 is 17.8 Å². The van der Waals surface area contributed by atoms with Crippen molar-refractivity contribution in [3.8, 4) is 0 Å². The van der Waals surface area contributed by atoms with Crippen LogP contribution in [-0.2, 0) is 23.9 Å². The van der Waals surface area contributed by atoms with Gasteiger partial charge in [-0.3, -0.25) is 15.0 Å². The monoisotopic (exact) mass is 480 g/mol. The first kappa shape index (κ1) is 28.5. The summed E-state index contributed by atoms with van der Waals surface area (Å²) in [6.45, 7) is 2.66. The van der Waals surface area contributed by atoms with Gasteiger partial charge in [0.2, 0.25) is 5.91 Å². The molecule has 0 radical (unpaired) electrons. The molecule has 0 saturated carbocycles. The topological polar surface area (TPSA) is 184 Å². The predicted molar refractivity (Wildman–Crippen MR) is 113 cm³/mol. The van der Waals surface area contributed by atoms with E-state index >= 15 is 0 Å². The summed E-state index contributed by atoms with van der Waals surface area (Å²) in [7, 11) is 0. The van der Waals surface area contributed by atoms with E-state index in [1.165, 1.54) is 0 Å². The van der Waals surface area contributed by atoms with Crippen LogP contribution in [0.2, 0.25) is 0 Å². The van der Waals surface area contributed by atoms with Gasteiger partial charge in [0, 0.05) is 19.8 Å². The zero-order valence-electron chi connectivity index (χ0n) is 18.8. The number of rotatable bonds is 13. The van der Waals surface area contributed by atoms with E-state index in [0.29, 0.717) is 6.42 Å². The number of halogens is 2. The van der Waals surface area contributed by atoms with E-state index in [1.54, 1.807) is 0 Å². The van der Waals surface area contributed by atoms with Crippen molar-refractivity contribution in [1.29, 1.82) is 5.41 Å². The van der Waals surface area contributed by atoms with Crippen LogP contribution in [0.15, 0.2) is 0 Å². The van der Waals surface area contributed by atoms with E-state index < -0.39 is 73.2 Å². The Morgan fingerprint density at radius 3 is 2.39 bits per heavy atom. The summed E-state index contributed by atoms with van der Waals surface area (Å²) in [5.41, 5.74) is 5.21. The van der Waals surface area contributed by atoms with Crippen molar-refractivity contribution in [3.63, 3.8) is 0 Å². The predicted octanol–water partition coefficient (Wildman–Crippen LogP) is 0.485. The molecule has 1 rings (SSSR count). The molecule has 1 saturated heterocycles. The lowest BCUT2D eigenvalue weighted by Gasteiger charge is -2.46. The van der Waals surface area contributed by atoms with Gasteiger partial charge in [0.25, 0.3) is 0 Å². The molecule has 0 spiro atoms. The fourth-order valence-corrected chi connectivity index (χ4v) is 3.60. The zero-order valence-corrected chi connectivity index (χ0v) is 18.8. The second kappa shape index (κ2) is 13.2. The number of esters is 1. The average Bonchev–Trinajstić information content (AvgIpc) is 2.72. The van der Waals surface area contributed by atoms with Crippen LogP contribution in [0, 0.1) is 5.41 Å². The highest BCUT2D eigenvalue weighted by Crippen LogP contribution is 2.35. The summed E-state index contributed by atoms with van der Waals surface area (Å²) in [6, 6.07) is -3.18. The largest absolute Gasteiger partial charge is 0.477 e. The summed E-state index contributed by atoms with van der Waals surface area (Å²) in [5.74, 6) is -8.11. The van der Waals surface area contributed by atoms with Gasteiger partial charge < -0.3 is 36.1 Å². The maximum absolute atomic E-state index is 14.9. The molecule has 6 atom stereocenters. The standard InChI is InChI=1S/C20H34F2N4O7/c1-3-4-5-6-7-8-14(29)32-10-12(28)9-13-15(25-11(2)27)16(26-19(23)24)17(21)20(22,33-13)18(30)31/h12-13,15-17,28H,3-10H2,1-2H3,(H,25,27)(H,30,31)(H4,23,24,26)/t12-,13?,15?,16?,17?,20+/m0/s1. The summed E-state index contributed by atoms with van der Waals surface area (Å²) in [6.07, 6.45) is -1.56. The molecule has 1 aliphatic heterocycles. The number of carboxylic acids is 1. The molecule has 0 aromatic rings. The molecule has 7 N–H and O–H groups in total. The number of aliphatic hydroxyl groups is 1. The summed E-state index contributed by atoms with van der Waals surface area (Å²) in [5, 5.41) is 31.2. The number of carbonyl (C=O) groups is 3. The molecule has 0 aromatic heterocycles. The van der Waals surface area contributed by atoms with E-state index in [4.69, 9.17) is 20.6 Å². The highest BCUT2D eigenvalue weighted by atomic mass is 19.2. The van der Waals surface area contributed by atoms with Crippen LogP contribution in [0.1, 0.15) is 58.8 Å². The van der Waals surface area contributed by atoms with Crippen molar-refractivity contribution >= 4 is 23.8 Å². The molecule has 0 aliphatic carbocycles. The molecular weight excluding hydrogens is 446 g/mol. The van der Waals surface area contributed by atoms with Gasteiger partial charge in [-0.05, 0) is 6.42 Å². The average molecular weight is 481 g/mol. The SMILES string of the molecule is CCCCCCCC(=O)OC[C@@H](O)CC1O[C@@](F)(C(=O)O)C(F)C(NC(=N)N)C1NC(C)=O. The number of carbonyl (C=O) groups excluding carboxylic acids is 2. The second-order valence-electron chi connectivity index (χ2n) is 8.06. The van der Waals surface area contributed by atoms with Gasteiger partial charge in [0.15, 0.2) is 12.1 Å². The van der Waals surface area contributed by atoms with Crippen molar-refractivity contribution in [2.24, 2.45) is 5.73 Å². The third-order valence-electron chi connectivity index (χ3n) is 5.19. The van der Waals surface area contributed by atoms with Crippen molar-refractivity contribution in [3.05, 3.63) is 0 Å². The lowest BCUT2D eigenvalue weighted by Crippen LogP contribution is -2.72. The minimum Gasteiger partial charge on any atom is -0.477 e. The quantitative estimate of drug-likeness (QED) is 0.0944. The maximum atomic E-state index is 14.9. The minimum atomic E-state index is -3.83. The fraction of sp³-hybridized carbons (Fsp3) is 0.800. The van der Waals surface area contributed by atoms with Crippen LogP contribution in [0.3, 0.4) is 0 Å². The van der Waals surface area contributed by atoms with Gasteiger partial charge in [0.1, 0.15) is 6.61 Å². The first-order valence-corrected chi connectivity index (χ1v) is 10.9. The summed E-state index contributed by atoms with van der Waals surface area (Å²) >= 11 is 0. The van der Waals surface area contributed by atoms with Crippen LogP contribution >= 0.6 is 0 Å². The third kappa shape index (κ3) is 8.72. The lowest BCUT2D eigenvalue weighted by molar-refractivity contribution is -0.261. The highest BCUT2D eigenvalue weighted by Gasteiger charge is 2.61. The third-order valence-corrected chi connectivity index (χ3v) is 5.19. The van der Waals surface area contributed by atoms with Gasteiger partial charge in [-0.25, -0.2) is 9.18 Å². The minimum absolute atomic E-state index is 0.158. The van der Waals surface area contributed by atoms with Crippen molar-refractivity contribution in [1.82, 2.24) is 10.6 Å². The Balaban J connectivity index is 2.85. The van der Waals surface area contributed by atoms with E-state index in [2.05, 4.69) is 17.6 Å². The number of nitrogens with one attached hydrogen (secondary N) is 3. The van der Waals surface area contributed by atoms with Crippen LogP contribution in [0.5, 0.6) is 0 Å². The Hall–Kier alpha value is -2.54. The van der Waals surface area contributed by atoms with E-state index in [1.807, 2.05) is 0 Å². The number of aliphatic hydroxyl groups excluding tert-OH is 1. The first-order chi connectivity index (χ1) is 15.4. The molecule has 33 heavy (non-hydrogen) atoms. The smallest absolute Gasteiger partial charge is 0.372 e. The van der Waals surface area contributed by atoms with Crippen LogP contribution < -0.4 is 16.4 Å². The number of unbranched alkanes of at least 4 members (excludes halogenated alkanes) is 4. The van der Waals surface area contributed by atoms with Crippen LogP contribution in [0.25, 0.3) is 0 Å². The number of guanidine groups is 1. The Bertz CT molecular complexity index is 699. The molecule has 190 valence electrons. The van der Waals surface area contributed by atoms with Crippen LogP contribution in [0.4, 0.5) is 8.78 Å². The normalized spacial score (nSPS) is 27.9. The Morgan fingerprint density at radius 1 is 1.21 bits per heavy atom. The number of hydrogen-bond donors (Lipinski definition) is 6. The Labute approximate surface area is 190 Å². The molecule has 1 amide bonds. The molecule has 0 aromatic carbocycles. The van der Waals surface area contributed by atoms with Gasteiger partial charge in [0.05, 0.1) is 24.3 Å². The molecule has 1 fully saturated rings. The van der Waals surface area contributed by atoms with Crippen molar-refractivity contribution in [2.75, 3.05) is 6.61 Å². The highest BCUT2D eigenvalue weighted by molar-refractivity contribution is 5.79. The van der Waals surface area contributed by atoms with E-state index in [-0.39, 0.29) is 6.42 Å². The molecule has 0 bridgehead atoms. The number of aliphatic carboxylic acids is 1. The molecule has 4 unspecified atom stereocenters. The summed E-state index contributed by atoms with van der Waals surface area (Å²) in [4.78, 5) is 34.8. The lowest BCUT2D eigenvalue weighted by atomic mass is 9.87. The zero-order chi connectivity index (χ0) is 25.2. The number of carboxylic acid groups (broad SMARTS) is 1. The number of ether oxygens (including phenoxy) is 2. The maximum Gasteiger partial charge on any atom is 0.372 e. The molecular formula is C20H34F2N4O7. The number of amides is 1. The van der Waals surface area contributed by atoms with Crippen molar-refractivity contribution in [2.45, 2.75) is 95.1 Å². The summed E-state index contributed by atoms with van der Waals surface area (Å²) < 4.78 is 39.5. The second-order valence-corrected chi connectivity index (χ2v) is 8.06. The van der Waals surface area contributed by atoms with Gasteiger partial charge in [-0.15, -0.1) is 0 Å². The van der Waals surface area contributed by atoms with Crippen LogP contribution in [-0.4, -0.2) is 76.9 Å². The number of alkyl halides is 2. The number of hydrogen-bond acceptors (Lipinski definition) is 7. The molecule has 13 heteroatoms. The molecule has 11 nitrogen and oxygen atoms in total. The number of nitrogens with two attached hydrogens (primary N) is 1. The van der Waals surface area contributed by atoms with Crippen molar-refractivity contribution < 1.29 is 42.9 Å². The molecule has 1 heterocycles. The van der Waals surface area contributed by atoms with E-state index in [0.717, 1.165) is 32.6 Å². The van der Waals surface area contributed by atoms with Gasteiger partial charge in [-0.2, -0.15) is 4.39 Å². The van der Waals surface area contributed by atoms with Gasteiger partial charge in [-0.1, -0.05) is 32.6 Å². The molecule has 1 aliphatic rings. The first-order valence-electron chi connectivity index (χ1n) is 10.9. The Morgan fingerprint density at radius 2 is 1.85 bits per heavy atom.